The standard InChI is InChI=1S/C11H11ClFNO.C2H6/c1-7-2-5-11(15)14(7)8-3-4-10(13)9(12)6-8;1-2/h3-4,6-7H,2,5H2,1H3;1-2H3. The van der Waals surface area contributed by atoms with Crippen LogP contribution in [0.3, 0.4) is 0 Å². The third kappa shape index (κ3) is 2.97. The van der Waals surface area contributed by atoms with Crippen LogP contribution in [0.15, 0.2) is 18.2 Å². The minimum Gasteiger partial charge on any atom is -0.310 e. The average Bonchev–Trinajstić information content (AvgIpc) is 2.66. The Hall–Kier alpha value is -1.09. The van der Waals surface area contributed by atoms with E-state index in [9.17, 15) is 9.18 Å². The molecule has 2 rings (SSSR count). The molecule has 17 heavy (non-hydrogen) atoms. The van der Waals surface area contributed by atoms with Gasteiger partial charge in [-0.2, -0.15) is 0 Å². The van der Waals surface area contributed by atoms with Crippen molar-refractivity contribution in [3.8, 4) is 0 Å². The first-order chi connectivity index (χ1) is 8.09. The summed E-state index contributed by atoms with van der Waals surface area (Å²) in [5.74, 6) is -0.384. The Kier molecular flexibility index (Phi) is 4.94. The Morgan fingerprint density at radius 2 is 2.06 bits per heavy atom. The van der Waals surface area contributed by atoms with E-state index >= 15 is 0 Å². The van der Waals surface area contributed by atoms with E-state index in [2.05, 4.69) is 0 Å². The molecule has 1 aromatic carbocycles. The zero-order valence-electron chi connectivity index (χ0n) is 10.3. The van der Waals surface area contributed by atoms with Crippen molar-refractivity contribution in [2.75, 3.05) is 4.90 Å². The maximum absolute atomic E-state index is 12.9. The van der Waals surface area contributed by atoms with Gasteiger partial charge in [-0.05, 0) is 31.5 Å². The Bertz CT molecular complexity index is 408. The number of nitrogens with zero attached hydrogens (tertiary/aromatic N) is 1. The van der Waals surface area contributed by atoms with Crippen LogP contribution in [0.1, 0.15) is 33.6 Å². The number of rotatable bonds is 1. The van der Waals surface area contributed by atoms with Gasteiger partial charge in [0, 0.05) is 18.2 Å². The minimum absolute atomic E-state index is 0.0550. The van der Waals surface area contributed by atoms with Crippen molar-refractivity contribution >= 4 is 23.2 Å². The normalized spacial score (nSPS) is 19.0. The molecule has 1 saturated heterocycles. The zero-order valence-corrected chi connectivity index (χ0v) is 11.1. The predicted octanol–water partition coefficient (Wildman–Crippen LogP) is 4.02. The molecular formula is C13H17ClFNO. The van der Waals surface area contributed by atoms with Gasteiger partial charge in [-0.3, -0.25) is 4.79 Å². The Morgan fingerprint density at radius 3 is 2.53 bits per heavy atom. The first-order valence-electron chi connectivity index (χ1n) is 5.86. The van der Waals surface area contributed by atoms with Crippen LogP contribution >= 0.6 is 11.6 Å². The number of hydrogen-bond acceptors (Lipinski definition) is 1. The number of anilines is 1. The van der Waals surface area contributed by atoms with E-state index in [0.29, 0.717) is 12.1 Å². The quantitative estimate of drug-likeness (QED) is 0.744. The Morgan fingerprint density at radius 1 is 1.41 bits per heavy atom. The van der Waals surface area contributed by atoms with Crippen LogP contribution in [0.4, 0.5) is 10.1 Å². The van der Waals surface area contributed by atoms with Gasteiger partial charge in [0.05, 0.1) is 5.02 Å². The summed E-state index contributed by atoms with van der Waals surface area (Å²) in [4.78, 5) is 13.2. The summed E-state index contributed by atoms with van der Waals surface area (Å²) in [6, 6.07) is 4.53. The summed E-state index contributed by atoms with van der Waals surface area (Å²) in [7, 11) is 0. The van der Waals surface area contributed by atoms with Crippen LogP contribution in [0.2, 0.25) is 5.02 Å². The van der Waals surface area contributed by atoms with Crippen molar-refractivity contribution in [2.24, 2.45) is 0 Å². The summed E-state index contributed by atoms with van der Waals surface area (Å²) in [6.45, 7) is 5.97. The van der Waals surface area contributed by atoms with Crippen LogP contribution < -0.4 is 4.90 Å². The van der Waals surface area contributed by atoms with Crippen molar-refractivity contribution in [1.29, 1.82) is 0 Å². The van der Waals surface area contributed by atoms with E-state index in [1.807, 2.05) is 20.8 Å². The summed E-state index contributed by atoms with van der Waals surface area (Å²) < 4.78 is 12.9. The van der Waals surface area contributed by atoms with Crippen molar-refractivity contribution in [3.05, 3.63) is 29.0 Å². The molecule has 1 atom stereocenters. The van der Waals surface area contributed by atoms with Gasteiger partial charge in [-0.15, -0.1) is 0 Å². The molecule has 2 nitrogen and oxygen atoms in total. The predicted molar refractivity (Wildman–Crippen MR) is 68.9 cm³/mol. The van der Waals surface area contributed by atoms with Crippen LogP contribution in [0.25, 0.3) is 0 Å². The molecule has 4 heteroatoms. The maximum Gasteiger partial charge on any atom is 0.227 e. The lowest BCUT2D eigenvalue weighted by Crippen LogP contribution is -2.30. The molecule has 1 heterocycles. The highest BCUT2D eigenvalue weighted by Gasteiger charge is 2.28. The van der Waals surface area contributed by atoms with E-state index in [1.165, 1.54) is 12.1 Å². The number of halogens is 2. The van der Waals surface area contributed by atoms with E-state index in [4.69, 9.17) is 11.6 Å². The van der Waals surface area contributed by atoms with E-state index < -0.39 is 5.82 Å². The minimum atomic E-state index is -0.459. The fraction of sp³-hybridized carbons (Fsp3) is 0.462. The molecule has 1 aliphatic heterocycles. The summed E-state index contributed by atoms with van der Waals surface area (Å²) in [6.07, 6.45) is 1.39. The molecule has 0 aliphatic carbocycles. The largest absolute Gasteiger partial charge is 0.310 e. The van der Waals surface area contributed by atoms with Crippen LogP contribution in [-0.2, 0) is 4.79 Å². The van der Waals surface area contributed by atoms with Crippen molar-refractivity contribution in [2.45, 2.75) is 39.7 Å². The molecule has 0 N–H and O–H groups in total. The number of carbonyl (C=O) groups excluding carboxylic acids is 1. The molecule has 0 radical (unpaired) electrons. The van der Waals surface area contributed by atoms with E-state index in [-0.39, 0.29) is 17.0 Å². The number of amides is 1. The number of benzene rings is 1. The molecule has 0 bridgehead atoms. The first-order valence-corrected chi connectivity index (χ1v) is 6.24. The maximum atomic E-state index is 12.9. The summed E-state index contributed by atoms with van der Waals surface area (Å²) >= 11 is 5.67. The second-order valence-electron chi connectivity index (χ2n) is 3.75. The summed E-state index contributed by atoms with van der Waals surface area (Å²) in [5.41, 5.74) is 0.677. The molecule has 94 valence electrons. The van der Waals surface area contributed by atoms with Crippen LogP contribution in [0, 0.1) is 5.82 Å². The van der Waals surface area contributed by atoms with Gasteiger partial charge >= 0.3 is 0 Å². The smallest absolute Gasteiger partial charge is 0.227 e. The lowest BCUT2D eigenvalue weighted by atomic mass is 10.2. The molecule has 0 aromatic heterocycles. The molecule has 1 aromatic rings. The summed E-state index contributed by atoms with van der Waals surface area (Å²) in [5, 5.41) is 0.0550. The van der Waals surface area contributed by atoms with Crippen LogP contribution in [-0.4, -0.2) is 11.9 Å². The Labute approximate surface area is 106 Å². The lowest BCUT2D eigenvalue weighted by Gasteiger charge is -2.21. The number of hydrogen-bond donors (Lipinski definition) is 0. The van der Waals surface area contributed by atoms with Crippen molar-refractivity contribution < 1.29 is 9.18 Å². The van der Waals surface area contributed by atoms with Gasteiger partial charge in [0.2, 0.25) is 5.91 Å². The van der Waals surface area contributed by atoms with Crippen LogP contribution in [0.5, 0.6) is 0 Å². The molecule has 1 amide bonds. The van der Waals surface area contributed by atoms with Gasteiger partial charge < -0.3 is 4.90 Å². The van der Waals surface area contributed by atoms with E-state index in [1.54, 1.807) is 11.0 Å². The third-order valence-electron chi connectivity index (χ3n) is 2.67. The second kappa shape index (κ2) is 6.01. The van der Waals surface area contributed by atoms with E-state index in [0.717, 1.165) is 6.42 Å². The van der Waals surface area contributed by atoms with Crippen molar-refractivity contribution in [3.63, 3.8) is 0 Å². The fourth-order valence-corrected chi connectivity index (χ4v) is 2.04. The topological polar surface area (TPSA) is 20.3 Å². The highest BCUT2D eigenvalue weighted by atomic mass is 35.5. The van der Waals surface area contributed by atoms with Crippen molar-refractivity contribution in [1.82, 2.24) is 0 Å². The highest BCUT2D eigenvalue weighted by Crippen LogP contribution is 2.29. The monoisotopic (exact) mass is 257 g/mol. The fourth-order valence-electron chi connectivity index (χ4n) is 1.86. The van der Waals surface area contributed by atoms with Gasteiger partial charge in [0.1, 0.15) is 5.82 Å². The molecule has 0 saturated carbocycles. The SMILES string of the molecule is CC.CC1CCC(=O)N1c1ccc(F)c(Cl)c1. The molecule has 1 fully saturated rings. The first kappa shape index (κ1) is 14.0. The van der Waals surface area contributed by atoms with Gasteiger partial charge in [-0.25, -0.2) is 4.39 Å². The van der Waals surface area contributed by atoms with Gasteiger partial charge in [0.25, 0.3) is 0 Å². The molecule has 1 aliphatic rings. The third-order valence-corrected chi connectivity index (χ3v) is 2.96. The second-order valence-corrected chi connectivity index (χ2v) is 4.16. The number of carbonyl (C=O) groups is 1. The molecular weight excluding hydrogens is 241 g/mol. The van der Waals surface area contributed by atoms with Gasteiger partial charge in [0.15, 0.2) is 0 Å². The zero-order chi connectivity index (χ0) is 13.0. The average molecular weight is 258 g/mol. The van der Waals surface area contributed by atoms with Gasteiger partial charge in [-0.1, -0.05) is 25.4 Å². The molecule has 1 unspecified atom stereocenters. The molecule has 0 spiro atoms. The Balaban J connectivity index is 0.000000686. The highest BCUT2D eigenvalue weighted by molar-refractivity contribution is 6.31. The lowest BCUT2D eigenvalue weighted by molar-refractivity contribution is -0.117.